The fourth-order valence-electron chi connectivity index (χ4n) is 3.65. The van der Waals surface area contributed by atoms with Crippen molar-refractivity contribution in [2.75, 3.05) is 5.73 Å². The first kappa shape index (κ1) is 18.6. The van der Waals surface area contributed by atoms with E-state index in [0.717, 1.165) is 32.4 Å². The monoisotopic (exact) mass is 424 g/mol. The molecule has 0 saturated heterocycles. The van der Waals surface area contributed by atoms with Gasteiger partial charge >= 0.3 is 0 Å². The molecule has 0 fully saturated rings. The summed E-state index contributed by atoms with van der Waals surface area (Å²) in [5, 5.41) is 12.8. The molecule has 29 heavy (non-hydrogen) atoms. The normalized spacial score (nSPS) is 18.1. The summed E-state index contributed by atoms with van der Waals surface area (Å²) in [6.45, 7) is 1.10. The molecule has 2 aromatic carbocycles. The summed E-state index contributed by atoms with van der Waals surface area (Å²) in [5.41, 5.74) is 8.92. The lowest BCUT2D eigenvalue weighted by atomic mass is 9.94. The Balaban J connectivity index is 1.63. The molecule has 1 aliphatic carbocycles. The molecule has 1 unspecified atom stereocenters. The third kappa shape index (κ3) is 3.51. The average Bonchev–Trinajstić information content (AvgIpc) is 2.70. The van der Waals surface area contributed by atoms with Crippen molar-refractivity contribution < 1.29 is 9.84 Å². The summed E-state index contributed by atoms with van der Waals surface area (Å²) in [6.07, 6.45) is 5.67. The minimum atomic E-state index is -0.446. The molecule has 5 rings (SSSR count). The van der Waals surface area contributed by atoms with Gasteiger partial charge in [0.05, 0.1) is 24.3 Å². The molecule has 1 atom stereocenters. The van der Waals surface area contributed by atoms with Crippen LogP contribution in [0, 0.1) is 0 Å². The van der Waals surface area contributed by atoms with Gasteiger partial charge in [0.15, 0.2) is 11.0 Å². The molecule has 2 aliphatic rings. The minimum absolute atomic E-state index is 0.137. The number of aromatic nitrogens is 3. The first-order valence-corrected chi connectivity index (χ1v) is 10.3. The zero-order valence-electron chi connectivity index (χ0n) is 15.3. The largest absolute Gasteiger partial charge is 0.389 e. The number of benzene rings is 2. The maximum Gasteiger partial charge on any atom is 0.224 e. The van der Waals surface area contributed by atoms with Crippen molar-refractivity contribution in [1.82, 2.24) is 15.0 Å². The van der Waals surface area contributed by atoms with Gasteiger partial charge in [-0.05, 0) is 40.5 Å². The van der Waals surface area contributed by atoms with Crippen molar-refractivity contribution in [2.45, 2.75) is 30.9 Å². The molecule has 0 bridgehead atoms. The highest BCUT2D eigenvalue weighted by Crippen LogP contribution is 2.40. The van der Waals surface area contributed by atoms with Crippen molar-refractivity contribution in [1.29, 1.82) is 0 Å². The number of aliphatic hydroxyl groups excluding tert-OH is 1. The standard InChI is InChI=1S/C21H17ClN4O2S/c22-16-8-12-10-28-9-11-2-1-3-15(17(11)12)18(16)19-24-20(23)26-21(25-19)29-14-6-4-13(27)5-7-14/h1-4,6-8,13,27H,5,9-10H2,(H2,23,24,25,26). The van der Waals surface area contributed by atoms with Crippen LogP contribution in [0.5, 0.6) is 0 Å². The van der Waals surface area contributed by atoms with E-state index in [0.29, 0.717) is 35.6 Å². The van der Waals surface area contributed by atoms with Crippen LogP contribution in [0.25, 0.3) is 22.2 Å². The van der Waals surface area contributed by atoms with E-state index in [4.69, 9.17) is 22.1 Å². The fourth-order valence-corrected chi connectivity index (χ4v) is 4.77. The van der Waals surface area contributed by atoms with E-state index >= 15 is 0 Å². The number of hydrogen-bond acceptors (Lipinski definition) is 7. The van der Waals surface area contributed by atoms with E-state index < -0.39 is 6.10 Å². The zero-order chi connectivity index (χ0) is 20.0. The molecular weight excluding hydrogens is 408 g/mol. The van der Waals surface area contributed by atoms with Gasteiger partial charge < -0.3 is 15.6 Å². The van der Waals surface area contributed by atoms with Gasteiger partial charge in [-0.1, -0.05) is 53.7 Å². The van der Waals surface area contributed by atoms with Crippen LogP contribution >= 0.6 is 23.4 Å². The van der Waals surface area contributed by atoms with Gasteiger partial charge in [-0.25, -0.2) is 4.98 Å². The van der Waals surface area contributed by atoms with Crippen molar-refractivity contribution in [3.8, 4) is 11.4 Å². The van der Waals surface area contributed by atoms with Gasteiger partial charge in [-0.3, -0.25) is 0 Å². The highest BCUT2D eigenvalue weighted by molar-refractivity contribution is 8.03. The van der Waals surface area contributed by atoms with Gasteiger partial charge in [0.1, 0.15) is 0 Å². The van der Waals surface area contributed by atoms with Gasteiger partial charge in [0.2, 0.25) is 5.95 Å². The number of rotatable bonds is 3. The van der Waals surface area contributed by atoms with E-state index in [2.05, 4.69) is 21.0 Å². The lowest BCUT2D eigenvalue weighted by Gasteiger charge is -2.20. The highest BCUT2D eigenvalue weighted by Gasteiger charge is 2.21. The Hall–Kier alpha value is -2.45. The van der Waals surface area contributed by atoms with Crippen molar-refractivity contribution >= 4 is 40.1 Å². The highest BCUT2D eigenvalue weighted by atomic mass is 35.5. The molecule has 146 valence electrons. The van der Waals surface area contributed by atoms with Crippen molar-refractivity contribution in [3.05, 3.63) is 63.5 Å². The quantitative estimate of drug-likeness (QED) is 0.648. The summed E-state index contributed by atoms with van der Waals surface area (Å²) >= 11 is 8.04. The molecular formula is C21H17ClN4O2S. The molecule has 3 aromatic rings. The summed E-state index contributed by atoms with van der Waals surface area (Å²) in [4.78, 5) is 14.2. The number of nitrogens with two attached hydrogens (primary N) is 1. The van der Waals surface area contributed by atoms with Gasteiger partial charge in [0, 0.05) is 10.5 Å². The van der Waals surface area contributed by atoms with E-state index in [-0.39, 0.29) is 5.95 Å². The number of thioether (sulfide) groups is 1. The van der Waals surface area contributed by atoms with Gasteiger partial charge in [0.25, 0.3) is 0 Å². The Morgan fingerprint density at radius 1 is 1.17 bits per heavy atom. The van der Waals surface area contributed by atoms with Crippen LogP contribution in [0.1, 0.15) is 17.5 Å². The number of nitrogen functional groups attached to an aromatic ring is 1. The number of aliphatic hydroxyl groups is 1. The minimum Gasteiger partial charge on any atom is -0.389 e. The number of nitrogens with zero attached hydrogens (tertiary/aromatic N) is 3. The molecule has 3 N–H and O–H groups in total. The Morgan fingerprint density at radius 2 is 2.03 bits per heavy atom. The van der Waals surface area contributed by atoms with Gasteiger partial charge in [-0.15, -0.1) is 0 Å². The first-order chi connectivity index (χ1) is 14.1. The molecule has 0 amide bonds. The maximum absolute atomic E-state index is 9.61. The Morgan fingerprint density at radius 3 is 2.86 bits per heavy atom. The Kier molecular flexibility index (Phi) is 4.75. The smallest absolute Gasteiger partial charge is 0.224 e. The Bertz CT molecular complexity index is 1200. The number of anilines is 1. The predicted molar refractivity (Wildman–Crippen MR) is 114 cm³/mol. The van der Waals surface area contributed by atoms with Crippen LogP contribution in [0.4, 0.5) is 5.95 Å². The van der Waals surface area contributed by atoms with E-state index in [1.807, 2.05) is 30.4 Å². The molecule has 0 radical (unpaired) electrons. The Labute approximate surface area is 176 Å². The second-order valence-corrected chi connectivity index (χ2v) is 8.34. The van der Waals surface area contributed by atoms with Crippen LogP contribution < -0.4 is 5.73 Å². The predicted octanol–water partition coefficient (Wildman–Crippen LogP) is 4.25. The number of hydrogen-bond donors (Lipinski definition) is 2. The summed E-state index contributed by atoms with van der Waals surface area (Å²) < 4.78 is 5.66. The number of ether oxygens (including phenoxy) is 1. The summed E-state index contributed by atoms with van der Waals surface area (Å²) in [6, 6.07) is 7.99. The molecule has 6 nitrogen and oxygen atoms in total. The summed E-state index contributed by atoms with van der Waals surface area (Å²) in [7, 11) is 0. The first-order valence-electron chi connectivity index (χ1n) is 9.15. The summed E-state index contributed by atoms with van der Waals surface area (Å²) in [5.74, 6) is 0.582. The molecule has 0 saturated carbocycles. The van der Waals surface area contributed by atoms with E-state index in [1.165, 1.54) is 11.8 Å². The van der Waals surface area contributed by atoms with Gasteiger partial charge in [-0.2, -0.15) is 9.97 Å². The molecule has 0 spiro atoms. The van der Waals surface area contributed by atoms with Crippen LogP contribution in [-0.2, 0) is 18.0 Å². The van der Waals surface area contributed by atoms with Crippen LogP contribution in [0.15, 0.2) is 52.6 Å². The second kappa shape index (κ2) is 7.42. The van der Waals surface area contributed by atoms with E-state index in [1.54, 1.807) is 6.08 Å². The van der Waals surface area contributed by atoms with Crippen molar-refractivity contribution in [2.24, 2.45) is 0 Å². The van der Waals surface area contributed by atoms with Crippen molar-refractivity contribution in [3.63, 3.8) is 0 Å². The second-order valence-electron chi connectivity index (χ2n) is 6.90. The third-order valence-corrected chi connectivity index (χ3v) is 6.11. The fraction of sp³-hybridized carbons (Fsp3) is 0.190. The lowest BCUT2D eigenvalue weighted by molar-refractivity contribution is 0.103. The topological polar surface area (TPSA) is 94.2 Å². The molecule has 1 aliphatic heterocycles. The average molecular weight is 425 g/mol. The van der Waals surface area contributed by atoms with E-state index in [9.17, 15) is 5.11 Å². The zero-order valence-corrected chi connectivity index (χ0v) is 16.9. The van der Waals surface area contributed by atoms with Crippen LogP contribution in [0.3, 0.4) is 0 Å². The molecule has 2 heterocycles. The maximum atomic E-state index is 9.61. The SMILES string of the molecule is Nc1nc(SC2=CCC(O)C=C2)nc(-c2c(Cl)cc3c4c(cccc24)COC3)n1. The van der Waals surface area contributed by atoms with Crippen LogP contribution in [0.2, 0.25) is 5.02 Å². The molecule has 1 aromatic heterocycles. The lowest BCUT2D eigenvalue weighted by Crippen LogP contribution is -2.07. The number of allylic oxidation sites excluding steroid dienone is 1. The third-order valence-electron chi connectivity index (χ3n) is 4.90. The molecule has 8 heteroatoms. The van der Waals surface area contributed by atoms with Crippen LogP contribution in [-0.4, -0.2) is 26.2 Å². The number of halogens is 1.